The molecular formula is C15H17NO4. The van der Waals surface area contributed by atoms with Gasteiger partial charge in [-0.15, -0.1) is 0 Å². The number of fused-ring (bicyclic) bond motifs is 1. The summed E-state index contributed by atoms with van der Waals surface area (Å²) in [7, 11) is 0. The van der Waals surface area contributed by atoms with E-state index in [4.69, 9.17) is 5.11 Å². The van der Waals surface area contributed by atoms with Gasteiger partial charge in [0.2, 0.25) is 0 Å². The minimum atomic E-state index is -1.06. The van der Waals surface area contributed by atoms with E-state index in [-0.39, 0.29) is 18.9 Å². The molecule has 1 aromatic rings. The first kappa shape index (κ1) is 13.1. The number of benzene rings is 1. The van der Waals surface area contributed by atoms with E-state index in [1.165, 1.54) is 16.0 Å². The Morgan fingerprint density at radius 3 is 2.70 bits per heavy atom. The third-order valence-corrected chi connectivity index (χ3v) is 4.17. The van der Waals surface area contributed by atoms with Crippen molar-refractivity contribution in [1.82, 2.24) is 4.90 Å². The maximum Gasteiger partial charge on any atom is 0.326 e. The molecule has 1 fully saturated rings. The largest absolute Gasteiger partial charge is 0.480 e. The molecule has 2 unspecified atom stereocenters. The van der Waals surface area contributed by atoms with Gasteiger partial charge in [-0.1, -0.05) is 6.07 Å². The van der Waals surface area contributed by atoms with Crippen molar-refractivity contribution in [1.29, 1.82) is 0 Å². The predicted octanol–water partition coefficient (Wildman–Crippen LogP) is 0.835. The van der Waals surface area contributed by atoms with Gasteiger partial charge < -0.3 is 15.1 Å². The van der Waals surface area contributed by atoms with E-state index in [2.05, 4.69) is 0 Å². The van der Waals surface area contributed by atoms with E-state index < -0.39 is 18.1 Å². The summed E-state index contributed by atoms with van der Waals surface area (Å²) in [6, 6.07) is 4.66. The molecule has 106 valence electrons. The minimum absolute atomic E-state index is 0.0902. The molecule has 1 saturated heterocycles. The number of hydrogen-bond acceptors (Lipinski definition) is 3. The van der Waals surface area contributed by atoms with Gasteiger partial charge in [0.15, 0.2) is 0 Å². The minimum Gasteiger partial charge on any atom is -0.480 e. The van der Waals surface area contributed by atoms with Crippen molar-refractivity contribution in [2.45, 2.75) is 37.8 Å². The van der Waals surface area contributed by atoms with Crippen LogP contribution in [0.15, 0.2) is 18.2 Å². The number of aryl methyl sites for hydroxylation is 2. The van der Waals surface area contributed by atoms with Gasteiger partial charge in [-0.2, -0.15) is 0 Å². The number of β-amino-alcohol motifs (C(OH)–C–C–N with tert-alkyl or cyclic N) is 1. The third kappa shape index (κ3) is 2.18. The van der Waals surface area contributed by atoms with Crippen LogP contribution in [0.5, 0.6) is 0 Å². The van der Waals surface area contributed by atoms with Gasteiger partial charge in [-0.25, -0.2) is 4.79 Å². The Morgan fingerprint density at radius 1 is 1.20 bits per heavy atom. The molecule has 5 nitrogen and oxygen atoms in total. The van der Waals surface area contributed by atoms with Crippen LogP contribution in [0.25, 0.3) is 0 Å². The zero-order valence-electron chi connectivity index (χ0n) is 11.1. The zero-order valence-corrected chi connectivity index (χ0v) is 11.1. The van der Waals surface area contributed by atoms with Crippen LogP contribution in [0, 0.1) is 0 Å². The molecule has 0 saturated carbocycles. The molecule has 2 atom stereocenters. The van der Waals surface area contributed by atoms with Gasteiger partial charge >= 0.3 is 5.97 Å². The van der Waals surface area contributed by atoms with Crippen LogP contribution in [0.4, 0.5) is 0 Å². The number of aliphatic hydroxyl groups is 1. The Labute approximate surface area is 116 Å². The highest BCUT2D eigenvalue weighted by molar-refractivity contribution is 5.97. The summed E-state index contributed by atoms with van der Waals surface area (Å²) in [4.78, 5) is 24.9. The van der Waals surface area contributed by atoms with E-state index in [1.54, 1.807) is 6.07 Å². The lowest BCUT2D eigenvalue weighted by atomic mass is 10.1. The lowest BCUT2D eigenvalue weighted by Crippen LogP contribution is -2.40. The maximum absolute atomic E-state index is 12.5. The molecule has 1 aliphatic heterocycles. The number of carboxylic acids is 1. The van der Waals surface area contributed by atoms with Crippen LogP contribution in [-0.2, 0) is 17.6 Å². The van der Waals surface area contributed by atoms with E-state index in [0.717, 1.165) is 19.3 Å². The quantitative estimate of drug-likeness (QED) is 0.838. The predicted molar refractivity (Wildman–Crippen MR) is 71.6 cm³/mol. The molecule has 2 N–H and O–H groups in total. The van der Waals surface area contributed by atoms with Gasteiger partial charge in [0.25, 0.3) is 5.91 Å². The lowest BCUT2D eigenvalue weighted by Gasteiger charge is -2.21. The maximum atomic E-state index is 12.5. The van der Waals surface area contributed by atoms with Crippen molar-refractivity contribution in [2.75, 3.05) is 6.54 Å². The molecule has 1 amide bonds. The molecule has 1 aliphatic carbocycles. The van der Waals surface area contributed by atoms with Gasteiger partial charge in [0.1, 0.15) is 6.04 Å². The van der Waals surface area contributed by atoms with Crippen LogP contribution in [-0.4, -0.2) is 45.7 Å². The number of likely N-dealkylation sites (tertiary alicyclic amines) is 1. The molecule has 20 heavy (non-hydrogen) atoms. The SMILES string of the molecule is O=C(O)C1CC(O)CN1C(=O)c1ccc2c(c1)CCC2. The van der Waals surface area contributed by atoms with Crippen molar-refractivity contribution in [3.8, 4) is 0 Å². The monoisotopic (exact) mass is 275 g/mol. The Morgan fingerprint density at radius 2 is 1.95 bits per heavy atom. The fourth-order valence-corrected chi connectivity index (χ4v) is 3.14. The average molecular weight is 275 g/mol. The van der Waals surface area contributed by atoms with Crippen molar-refractivity contribution in [3.05, 3.63) is 34.9 Å². The summed E-state index contributed by atoms with van der Waals surface area (Å²) in [6.07, 6.45) is 2.47. The highest BCUT2D eigenvalue weighted by Gasteiger charge is 2.39. The molecule has 1 aromatic carbocycles. The van der Waals surface area contributed by atoms with Crippen LogP contribution in [0.2, 0.25) is 0 Å². The second-order valence-corrected chi connectivity index (χ2v) is 5.54. The number of nitrogens with zero attached hydrogens (tertiary/aromatic N) is 1. The Balaban J connectivity index is 1.86. The highest BCUT2D eigenvalue weighted by atomic mass is 16.4. The fourth-order valence-electron chi connectivity index (χ4n) is 3.14. The summed E-state index contributed by atoms with van der Waals surface area (Å²) in [6.45, 7) is 0.0902. The second-order valence-electron chi connectivity index (χ2n) is 5.54. The molecule has 2 aliphatic rings. The summed E-state index contributed by atoms with van der Waals surface area (Å²) in [5.41, 5.74) is 2.98. The van der Waals surface area contributed by atoms with Gasteiger partial charge in [-0.05, 0) is 42.5 Å². The van der Waals surface area contributed by atoms with Crippen molar-refractivity contribution in [3.63, 3.8) is 0 Å². The summed E-state index contributed by atoms with van der Waals surface area (Å²) in [5.74, 6) is -1.36. The first-order valence-corrected chi connectivity index (χ1v) is 6.90. The normalized spacial score (nSPS) is 24.8. The van der Waals surface area contributed by atoms with Crippen molar-refractivity contribution < 1.29 is 19.8 Å². The fraction of sp³-hybridized carbons (Fsp3) is 0.467. The van der Waals surface area contributed by atoms with Gasteiger partial charge in [0, 0.05) is 18.5 Å². The Hall–Kier alpha value is -1.88. The van der Waals surface area contributed by atoms with Gasteiger partial charge in [0.05, 0.1) is 6.10 Å². The lowest BCUT2D eigenvalue weighted by molar-refractivity contribution is -0.141. The van der Waals surface area contributed by atoms with E-state index in [9.17, 15) is 14.7 Å². The number of aliphatic carboxylic acids is 1. The van der Waals surface area contributed by atoms with Crippen LogP contribution in [0.3, 0.4) is 0 Å². The standard InChI is InChI=1S/C15H17NO4/c17-12-7-13(15(19)20)16(8-12)14(18)11-5-4-9-2-1-3-10(9)6-11/h4-6,12-13,17H,1-3,7-8H2,(H,19,20). The molecule has 0 bridgehead atoms. The molecule has 3 rings (SSSR count). The highest BCUT2D eigenvalue weighted by Crippen LogP contribution is 2.25. The number of amides is 1. The number of carbonyl (C=O) groups is 2. The topological polar surface area (TPSA) is 77.8 Å². The van der Waals surface area contributed by atoms with E-state index in [1.807, 2.05) is 12.1 Å². The van der Waals surface area contributed by atoms with Crippen LogP contribution >= 0.6 is 0 Å². The number of carbonyl (C=O) groups excluding carboxylic acids is 1. The first-order chi connectivity index (χ1) is 9.56. The summed E-state index contributed by atoms with van der Waals surface area (Å²) in [5, 5.41) is 18.8. The third-order valence-electron chi connectivity index (χ3n) is 4.17. The Bertz CT molecular complexity index is 569. The number of aliphatic hydroxyl groups excluding tert-OH is 1. The van der Waals surface area contributed by atoms with Gasteiger partial charge in [-0.3, -0.25) is 4.79 Å². The van der Waals surface area contributed by atoms with Crippen LogP contribution < -0.4 is 0 Å². The zero-order chi connectivity index (χ0) is 14.3. The number of rotatable bonds is 2. The summed E-state index contributed by atoms with van der Waals surface area (Å²) >= 11 is 0. The first-order valence-electron chi connectivity index (χ1n) is 6.90. The second kappa shape index (κ2) is 4.90. The molecule has 5 heteroatoms. The molecule has 0 aromatic heterocycles. The summed E-state index contributed by atoms with van der Waals surface area (Å²) < 4.78 is 0. The van der Waals surface area contributed by atoms with Crippen LogP contribution in [0.1, 0.15) is 34.3 Å². The molecular weight excluding hydrogens is 258 g/mol. The number of carboxylic acid groups (broad SMARTS) is 1. The van der Waals surface area contributed by atoms with Crippen molar-refractivity contribution >= 4 is 11.9 Å². The molecule has 1 heterocycles. The average Bonchev–Trinajstić information content (AvgIpc) is 3.02. The molecule has 0 spiro atoms. The van der Waals surface area contributed by atoms with E-state index in [0.29, 0.717) is 5.56 Å². The molecule has 0 radical (unpaired) electrons. The van der Waals surface area contributed by atoms with E-state index >= 15 is 0 Å². The Kier molecular flexibility index (Phi) is 3.22. The van der Waals surface area contributed by atoms with Crippen molar-refractivity contribution in [2.24, 2.45) is 0 Å². The smallest absolute Gasteiger partial charge is 0.326 e. The number of hydrogen-bond donors (Lipinski definition) is 2.